The lowest BCUT2D eigenvalue weighted by Crippen LogP contribution is -1.89. The number of hydrogen-bond donors (Lipinski definition) is 0. The molecule has 58 valence electrons. The Morgan fingerprint density at radius 2 is 2.27 bits per heavy atom. The third-order valence-corrected chi connectivity index (χ3v) is 1.90. The fourth-order valence-corrected chi connectivity index (χ4v) is 1.22. The second-order valence-corrected chi connectivity index (χ2v) is 2.90. The molecule has 1 aromatic heterocycles. The second-order valence-electron chi connectivity index (χ2n) is 2.21. The molecule has 1 aromatic rings. The fraction of sp³-hybridized carbons (Fsp3) is 0.333. The third-order valence-electron chi connectivity index (χ3n) is 1.42. The molecule has 0 saturated carbocycles. The molecule has 5 heteroatoms. The smallest absolute Gasteiger partial charge is 0.223 e. The van der Waals surface area contributed by atoms with Crippen LogP contribution in [-0.2, 0) is 4.74 Å². The number of aromatic nitrogens is 2. The first-order valence-corrected chi connectivity index (χ1v) is 3.82. The van der Waals surface area contributed by atoms with E-state index in [0.717, 1.165) is 5.56 Å². The Kier molecular flexibility index (Phi) is 1.71. The van der Waals surface area contributed by atoms with Crippen molar-refractivity contribution in [2.45, 2.75) is 6.10 Å². The van der Waals surface area contributed by atoms with E-state index in [1.165, 1.54) is 0 Å². The molecule has 1 atom stereocenters. The fourth-order valence-electron chi connectivity index (χ4n) is 0.794. The summed E-state index contributed by atoms with van der Waals surface area (Å²) in [5.41, 5.74) is 0.816. The Labute approximate surface area is 73.3 Å². The van der Waals surface area contributed by atoms with E-state index in [1.807, 2.05) is 0 Å². The van der Waals surface area contributed by atoms with E-state index in [1.54, 1.807) is 6.20 Å². The molecule has 0 radical (unpaired) electrons. The topological polar surface area (TPSA) is 38.3 Å². The van der Waals surface area contributed by atoms with Gasteiger partial charge in [0.1, 0.15) is 11.3 Å². The standard InChI is InChI=1S/C6H4Cl2N2O/c7-5-3(4-2-11-4)1-9-6(8)10-5/h1,4H,2H2. The summed E-state index contributed by atoms with van der Waals surface area (Å²) in [6.45, 7) is 0.699. The van der Waals surface area contributed by atoms with Gasteiger partial charge in [0.2, 0.25) is 5.28 Å². The van der Waals surface area contributed by atoms with Gasteiger partial charge in [0, 0.05) is 11.8 Å². The zero-order valence-corrected chi connectivity index (χ0v) is 6.93. The minimum absolute atomic E-state index is 0.0831. The van der Waals surface area contributed by atoms with Gasteiger partial charge >= 0.3 is 0 Å². The zero-order chi connectivity index (χ0) is 7.84. The molecule has 0 N–H and O–H groups in total. The first-order chi connectivity index (χ1) is 5.27. The van der Waals surface area contributed by atoms with Crippen LogP contribution in [0.5, 0.6) is 0 Å². The van der Waals surface area contributed by atoms with E-state index < -0.39 is 0 Å². The minimum Gasteiger partial charge on any atom is -0.368 e. The largest absolute Gasteiger partial charge is 0.368 e. The van der Waals surface area contributed by atoms with Crippen molar-refractivity contribution in [1.29, 1.82) is 0 Å². The maximum absolute atomic E-state index is 5.75. The number of nitrogens with zero attached hydrogens (tertiary/aromatic N) is 2. The van der Waals surface area contributed by atoms with Crippen molar-refractivity contribution in [2.75, 3.05) is 6.61 Å². The lowest BCUT2D eigenvalue weighted by atomic mass is 10.3. The van der Waals surface area contributed by atoms with Gasteiger partial charge in [-0.05, 0) is 11.6 Å². The lowest BCUT2D eigenvalue weighted by molar-refractivity contribution is 0.415. The van der Waals surface area contributed by atoms with Crippen molar-refractivity contribution in [3.63, 3.8) is 0 Å². The third kappa shape index (κ3) is 1.45. The molecule has 11 heavy (non-hydrogen) atoms. The number of rotatable bonds is 1. The van der Waals surface area contributed by atoms with Crippen LogP contribution in [0, 0.1) is 0 Å². The summed E-state index contributed by atoms with van der Waals surface area (Å²) < 4.78 is 5.01. The summed E-state index contributed by atoms with van der Waals surface area (Å²) in [6, 6.07) is 0. The molecule has 3 nitrogen and oxygen atoms in total. The average molecular weight is 191 g/mol. The Morgan fingerprint density at radius 1 is 1.55 bits per heavy atom. The van der Waals surface area contributed by atoms with Gasteiger partial charge < -0.3 is 4.74 Å². The molecular formula is C6H4Cl2N2O. The van der Waals surface area contributed by atoms with E-state index >= 15 is 0 Å². The molecule has 1 saturated heterocycles. The van der Waals surface area contributed by atoms with Crippen LogP contribution in [0.1, 0.15) is 11.7 Å². The van der Waals surface area contributed by atoms with Crippen LogP contribution in [-0.4, -0.2) is 16.6 Å². The first kappa shape index (κ1) is 7.28. The zero-order valence-electron chi connectivity index (χ0n) is 5.42. The summed E-state index contributed by atoms with van der Waals surface area (Å²) in [7, 11) is 0. The molecule has 0 aliphatic carbocycles. The van der Waals surface area contributed by atoms with Gasteiger partial charge in [0.15, 0.2) is 0 Å². The van der Waals surface area contributed by atoms with Crippen molar-refractivity contribution in [3.8, 4) is 0 Å². The Bertz CT molecular complexity index is 288. The van der Waals surface area contributed by atoms with E-state index in [0.29, 0.717) is 11.8 Å². The van der Waals surface area contributed by atoms with Crippen LogP contribution in [0.4, 0.5) is 0 Å². The number of epoxide rings is 1. The normalized spacial score (nSPS) is 21.8. The Balaban J connectivity index is 2.39. The van der Waals surface area contributed by atoms with Crippen LogP contribution in [0.3, 0.4) is 0 Å². The van der Waals surface area contributed by atoms with Crippen molar-refractivity contribution in [3.05, 3.63) is 22.2 Å². The van der Waals surface area contributed by atoms with Crippen molar-refractivity contribution < 1.29 is 4.74 Å². The van der Waals surface area contributed by atoms with Crippen LogP contribution >= 0.6 is 23.2 Å². The first-order valence-electron chi connectivity index (χ1n) is 3.07. The molecule has 1 fully saturated rings. The Hall–Kier alpha value is -0.380. The van der Waals surface area contributed by atoms with E-state index in [2.05, 4.69) is 9.97 Å². The number of hydrogen-bond acceptors (Lipinski definition) is 3. The molecule has 0 bridgehead atoms. The van der Waals surface area contributed by atoms with Gasteiger partial charge in [-0.3, -0.25) is 0 Å². The summed E-state index contributed by atoms with van der Waals surface area (Å²) >= 11 is 11.2. The SMILES string of the molecule is Clc1ncc(C2CO2)c(Cl)n1. The van der Waals surface area contributed by atoms with E-state index in [-0.39, 0.29) is 11.4 Å². The molecule has 1 unspecified atom stereocenters. The van der Waals surface area contributed by atoms with Gasteiger partial charge in [-0.25, -0.2) is 9.97 Å². The quantitative estimate of drug-likeness (QED) is 0.386. The highest BCUT2D eigenvalue weighted by atomic mass is 35.5. The molecule has 0 aromatic carbocycles. The Morgan fingerprint density at radius 3 is 2.82 bits per heavy atom. The van der Waals surface area contributed by atoms with Gasteiger partial charge in [0.05, 0.1) is 6.61 Å². The average Bonchev–Trinajstić information content (AvgIpc) is 2.70. The number of halogens is 2. The summed E-state index contributed by atoms with van der Waals surface area (Å²) in [4.78, 5) is 7.57. The highest BCUT2D eigenvalue weighted by molar-refractivity contribution is 6.32. The van der Waals surface area contributed by atoms with Crippen LogP contribution < -0.4 is 0 Å². The summed E-state index contributed by atoms with van der Waals surface area (Å²) in [5, 5.41) is 0.548. The van der Waals surface area contributed by atoms with Crippen molar-refractivity contribution in [2.24, 2.45) is 0 Å². The summed E-state index contributed by atoms with van der Waals surface area (Å²) in [6.07, 6.45) is 1.68. The van der Waals surface area contributed by atoms with Gasteiger partial charge in [-0.1, -0.05) is 11.6 Å². The maximum atomic E-state index is 5.75. The van der Waals surface area contributed by atoms with E-state index in [4.69, 9.17) is 27.9 Å². The molecular weight excluding hydrogens is 187 g/mol. The highest BCUT2D eigenvalue weighted by Crippen LogP contribution is 2.33. The molecule has 0 amide bonds. The number of ether oxygens (including phenoxy) is 1. The maximum Gasteiger partial charge on any atom is 0.223 e. The van der Waals surface area contributed by atoms with Gasteiger partial charge in [0.25, 0.3) is 0 Å². The van der Waals surface area contributed by atoms with Gasteiger partial charge in [-0.15, -0.1) is 0 Å². The van der Waals surface area contributed by atoms with Crippen LogP contribution in [0.15, 0.2) is 6.20 Å². The predicted octanol–water partition coefficient (Wildman–Crippen LogP) is 1.85. The molecule has 1 aliphatic heterocycles. The van der Waals surface area contributed by atoms with Crippen molar-refractivity contribution >= 4 is 23.2 Å². The van der Waals surface area contributed by atoms with Crippen LogP contribution in [0.2, 0.25) is 10.4 Å². The van der Waals surface area contributed by atoms with Crippen molar-refractivity contribution in [1.82, 2.24) is 9.97 Å². The predicted molar refractivity (Wildman–Crippen MR) is 40.7 cm³/mol. The monoisotopic (exact) mass is 190 g/mol. The molecule has 0 spiro atoms. The van der Waals surface area contributed by atoms with Crippen LogP contribution in [0.25, 0.3) is 0 Å². The van der Waals surface area contributed by atoms with E-state index in [9.17, 15) is 0 Å². The lowest BCUT2D eigenvalue weighted by Gasteiger charge is -1.96. The minimum atomic E-state index is 0.0831. The molecule has 2 rings (SSSR count). The van der Waals surface area contributed by atoms with Gasteiger partial charge in [-0.2, -0.15) is 0 Å². The molecule has 2 heterocycles. The summed E-state index contributed by atoms with van der Waals surface area (Å²) in [5.74, 6) is 0. The highest BCUT2D eigenvalue weighted by Gasteiger charge is 2.28. The second kappa shape index (κ2) is 2.59. The molecule has 1 aliphatic rings.